The molecule has 5 amide bonds. The summed E-state index contributed by atoms with van der Waals surface area (Å²) in [6, 6.07) is -0.967. The number of piperidine rings is 1. The zero-order chi connectivity index (χ0) is 74.7. The number of allylic oxidation sites excluding steroid dienone is 3. The van der Waals surface area contributed by atoms with Gasteiger partial charge in [0.1, 0.15) is 17.3 Å². The first-order chi connectivity index (χ1) is 49.9. The molecule has 28 nitrogen and oxygen atoms in total. The monoisotopic (exact) mass is 1480 g/mol. The largest absolute Gasteiger partial charge is 0.466 e. The van der Waals surface area contributed by atoms with Gasteiger partial charge in [-0.2, -0.15) is 0 Å². The number of ether oxygens (including phenoxy) is 14. The van der Waals surface area contributed by atoms with Crippen molar-refractivity contribution in [2.24, 2.45) is 29.6 Å². The maximum atomic E-state index is 14.3. The number of hydrogen-bond acceptors (Lipinski definition) is 25. The summed E-state index contributed by atoms with van der Waals surface area (Å²) in [4.78, 5) is 95.8. The third kappa shape index (κ3) is 39.8. The van der Waals surface area contributed by atoms with Gasteiger partial charge in [0.25, 0.3) is 11.8 Å². The summed E-state index contributed by atoms with van der Waals surface area (Å²) in [5.74, 6) is -1.92. The van der Waals surface area contributed by atoms with Gasteiger partial charge >= 0.3 is 11.9 Å². The van der Waals surface area contributed by atoms with Crippen LogP contribution in [-0.4, -0.2) is 264 Å². The molecule has 1 aromatic heterocycles. The fourth-order valence-corrected chi connectivity index (χ4v) is 12.8. The fraction of sp³-hybridized carbons (Fsp3) is 0.784. The van der Waals surface area contributed by atoms with Crippen molar-refractivity contribution in [3.8, 4) is 0 Å². The second kappa shape index (κ2) is 56.1. The Balaban J connectivity index is 0.960. The number of carbonyl (C=O) groups is 7. The summed E-state index contributed by atoms with van der Waals surface area (Å²) in [7, 11) is 0. The molecule has 1 fully saturated rings. The number of carbonyl (C=O) groups excluding carboxylic acids is 7. The van der Waals surface area contributed by atoms with Crippen LogP contribution in [0.15, 0.2) is 41.3 Å². The third-order valence-corrected chi connectivity index (χ3v) is 18.8. The Bertz CT molecular complexity index is 2600. The molecule has 0 spiro atoms. The maximum absolute atomic E-state index is 14.3. The average Bonchev–Trinajstić information content (AvgIpc) is 1.81. The average molecular weight is 1480 g/mol. The number of nitrogens with one attached hydrogen (secondary N) is 3. The first-order valence-electron chi connectivity index (χ1n) is 37.3. The van der Waals surface area contributed by atoms with Crippen LogP contribution in [0, 0.1) is 29.6 Å². The van der Waals surface area contributed by atoms with E-state index in [0.29, 0.717) is 214 Å². The normalized spacial score (nSPS) is 17.1. The first kappa shape index (κ1) is 90.2. The van der Waals surface area contributed by atoms with Gasteiger partial charge in [-0.05, 0) is 88.4 Å². The highest BCUT2D eigenvalue weighted by Gasteiger charge is 2.37. The Morgan fingerprint density at radius 2 is 1.17 bits per heavy atom. The van der Waals surface area contributed by atoms with Gasteiger partial charge < -0.3 is 87.0 Å². The van der Waals surface area contributed by atoms with E-state index in [2.05, 4.69) is 62.7 Å². The molecule has 9 atom stereocenters. The van der Waals surface area contributed by atoms with Crippen LogP contribution in [0.1, 0.15) is 155 Å². The molecule has 9 unspecified atom stereocenters. The van der Waals surface area contributed by atoms with E-state index in [1.807, 2.05) is 13.0 Å². The molecular formula is C74H124N6O22S. The van der Waals surface area contributed by atoms with Crippen LogP contribution in [0.3, 0.4) is 0 Å². The van der Waals surface area contributed by atoms with Crippen molar-refractivity contribution in [1.29, 1.82) is 0 Å². The number of thiazole rings is 1. The van der Waals surface area contributed by atoms with Gasteiger partial charge in [-0.15, -0.1) is 11.3 Å². The Labute approximate surface area is 615 Å². The van der Waals surface area contributed by atoms with Crippen molar-refractivity contribution in [3.63, 3.8) is 0 Å². The summed E-state index contributed by atoms with van der Waals surface area (Å²) in [5.41, 5.74) is 1.65. The number of likely N-dealkylation sites (tertiary alicyclic amines) is 1. The van der Waals surface area contributed by atoms with Crippen LogP contribution in [0.2, 0.25) is 0 Å². The van der Waals surface area contributed by atoms with Crippen molar-refractivity contribution in [1.82, 2.24) is 30.7 Å². The van der Waals surface area contributed by atoms with Crippen LogP contribution >= 0.6 is 11.3 Å². The minimum Gasteiger partial charge on any atom is -0.466 e. The standard InChI is InChI=1S/C74H124N6O22S/c1-9-56(5)63(51-57(6)62(55(3)4)53-66(102-59(8)81)73-78-64(54-103-73)71(86)76-61(50-58(7)74(88)101-10-2)52-60-16-12-11-13-17-60)77-72(87)65-18-14-15-24-79(65)70(85)22-26-89-28-30-91-32-34-93-36-38-95-40-42-97-44-46-99-48-49-100-47-45-98-43-41-96-39-37-94-35-33-92-31-29-90-27-23-75-67(82)21-25-80-68(83)19-20-69(80)84/h11-12,16,19-20,54-58,61-63,65-66,71,76,86H,9-10,13-15,17-18,21-53H2,1-8H3,(H,75,82)(H,77,87). The van der Waals surface area contributed by atoms with Crippen molar-refractivity contribution < 1.29 is 105 Å². The Morgan fingerprint density at radius 3 is 1.64 bits per heavy atom. The molecule has 4 rings (SSSR count). The lowest BCUT2D eigenvalue weighted by Crippen LogP contribution is -2.55. The van der Waals surface area contributed by atoms with E-state index in [-0.39, 0.29) is 91.4 Å². The van der Waals surface area contributed by atoms with Gasteiger partial charge in [-0.1, -0.05) is 71.8 Å². The highest BCUT2D eigenvalue weighted by molar-refractivity contribution is 7.09. The first-order valence-corrected chi connectivity index (χ1v) is 38.2. The zero-order valence-electron chi connectivity index (χ0n) is 62.8. The molecule has 1 aromatic rings. The predicted molar refractivity (Wildman–Crippen MR) is 385 cm³/mol. The predicted octanol–water partition coefficient (Wildman–Crippen LogP) is 6.57. The number of hydrogen-bond donors (Lipinski definition) is 4. The number of aliphatic hydroxyl groups is 1. The molecule has 3 heterocycles. The molecule has 1 saturated heterocycles. The van der Waals surface area contributed by atoms with E-state index in [9.17, 15) is 38.7 Å². The number of imide groups is 1. The lowest BCUT2D eigenvalue weighted by Gasteiger charge is -2.38. The van der Waals surface area contributed by atoms with E-state index >= 15 is 0 Å². The SMILES string of the molecule is CCOC(=O)C(C)CC(CC1=CC=CCC1)NC(O)c1csc(C(CC(C(C)C)C(C)CC(NC(=O)C2CCCCN2C(=O)CCOCCOCCOCCOCCOCCOCCOCCOCCOCCOCCOCCOCCNC(=O)CCN2C(=O)C=CC2=O)C(C)CC)OC(C)=O)n1. The zero-order valence-corrected chi connectivity index (χ0v) is 63.6. The molecule has 0 saturated carbocycles. The molecule has 588 valence electrons. The van der Waals surface area contributed by atoms with Gasteiger partial charge in [0, 0.05) is 62.6 Å². The fourth-order valence-electron chi connectivity index (χ4n) is 12.0. The Morgan fingerprint density at radius 1 is 0.650 bits per heavy atom. The van der Waals surface area contributed by atoms with E-state index < -0.39 is 36.2 Å². The molecule has 1 aliphatic carbocycles. The van der Waals surface area contributed by atoms with E-state index in [1.165, 1.54) is 36.0 Å². The second-order valence-corrected chi connectivity index (χ2v) is 27.1. The molecule has 0 aromatic carbocycles. The maximum Gasteiger partial charge on any atom is 0.308 e. The number of rotatable bonds is 63. The van der Waals surface area contributed by atoms with Gasteiger partial charge in [0.05, 0.1) is 183 Å². The molecule has 4 N–H and O–H groups in total. The van der Waals surface area contributed by atoms with Crippen molar-refractivity contribution in [2.75, 3.05) is 185 Å². The highest BCUT2D eigenvalue weighted by atomic mass is 32.1. The van der Waals surface area contributed by atoms with E-state index in [0.717, 1.165) is 37.0 Å². The van der Waals surface area contributed by atoms with Gasteiger partial charge in [-0.3, -0.25) is 43.8 Å². The molecule has 0 bridgehead atoms. The van der Waals surface area contributed by atoms with E-state index in [1.54, 1.807) is 17.2 Å². The van der Waals surface area contributed by atoms with Crippen molar-refractivity contribution in [2.45, 2.75) is 163 Å². The number of aliphatic hydroxyl groups excluding tert-OH is 1. The number of aromatic nitrogens is 1. The molecule has 103 heavy (non-hydrogen) atoms. The van der Waals surface area contributed by atoms with Gasteiger partial charge in [-0.25, -0.2) is 4.98 Å². The van der Waals surface area contributed by atoms with Crippen LogP contribution in [-0.2, 0) is 99.9 Å². The lowest BCUT2D eigenvalue weighted by molar-refractivity contribution is -0.149. The van der Waals surface area contributed by atoms with E-state index in [4.69, 9.17) is 71.3 Å². The van der Waals surface area contributed by atoms with Crippen molar-refractivity contribution >= 4 is 52.8 Å². The summed E-state index contributed by atoms with van der Waals surface area (Å²) < 4.78 is 78.0. The van der Waals surface area contributed by atoms with Crippen molar-refractivity contribution in [3.05, 3.63) is 52.0 Å². The number of nitrogens with zero attached hydrogens (tertiary/aromatic N) is 3. The third-order valence-electron chi connectivity index (χ3n) is 17.8. The summed E-state index contributed by atoms with van der Waals surface area (Å²) in [6.07, 6.45) is 14.3. The molecule has 29 heteroatoms. The quantitative estimate of drug-likeness (QED) is 0.0232. The summed E-state index contributed by atoms with van der Waals surface area (Å²) in [5, 5.41) is 23.4. The number of esters is 2. The highest BCUT2D eigenvalue weighted by Crippen LogP contribution is 2.38. The summed E-state index contributed by atoms with van der Waals surface area (Å²) in [6.45, 7) is 26.7. The molecule has 0 radical (unpaired) electrons. The minimum atomic E-state index is -1.13. The van der Waals surface area contributed by atoms with Gasteiger partial charge in [0.2, 0.25) is 17.7 Å². The molecular weight excluding hydrogens is 1360 g/mol. The smallest absolute Gasteiger partial charge is 0.308 e. The second-order valence-electron chi connectivity index (χ2n) is 26.2. The van der Waals surface area contributed by atoms with Crippen LogP contribution < -0.4 is 16.0 Å². The minimum absolute atomic E-state index is 0.0380. The molecule has 3 aliphatic rings. The Kier molecular flexibility index (Phi) is 49.1. The topological polar surface area (TPSA) is 324 Å². The van der Waals surface area contributed by atoms with Crippen LogP contribution in [0.5, 0.6) is 0 Å². The Hall–Kier alpha value is -5.22. The number of amides is 5. The molecule has 2 aliphatic heterocycles. The summed E-state index contributed by atoms with van der Waals surface area (Å²) >= 11 is 1.34. The van der Waals surface area contributed by atoms with Crippen LogP contribution in [0.4, 0.5) is 0 Å². The van der Waals surface area contributed by atoms with Crippen LogP contribution in [0.25, 0.3) is 0 Å². The van der Waals surface area contributed by atoms with Gasteiger partial charge in [0.15, 0.2) is 6.10 Å². The lowest BCUT2D eigenvalue weighted by atomic mass is 9.76.